The third-order valence-electron chi connectivity index (χ3n) is 3.92. The van der Waals surface area contributed by atoms with Gasteiger partial charge in [0, 0.05) is 18.7 Å². The smallest absolute Gasteiger partial charge is 0.223 e. The summed E-state index contributed by atoms with van der Waals surface area (Å²) in [6, 6.07) is 12.2. The van der Waals surface area contributed by atoms with E-state index in [0.29, 0.717) is 13.0 Å². The molecule has 2 aromatic rings. The molecule has 0 fully saturated rings. The zero-order chi connectivity index (χ0) is 16.8. The lowest BCUT2D eigenvalue weighted by atomic mass is 9.97. The van der Waals surface area contributed by atoms with Crippen molar-refractivity contribution in [3.05, 3.63) is 65.7 Å². The molecule has 0 radical (unpaired) electrons. The standard InChI is InChI=1S/C19H23FN2O/c1-14(2)22(13-18-6-4-5-11-21-18)19(23)12-15(3)16-7-9-17(20)10-8-16/h4-11,14-15H,12-13H2,1-3H3. The molecule has 0 aliphatic rings. The Morgan fingerprint density at radius 3 is 2.39 bits per heavy atom. The summed E-state index contributed by atoms with van der Waals surface area (Å²) in [4.78, 5) is 18.8. The van der Waals surface area contributed by atoms with Crippen LogP contribution in [-0.4, -0.2) is 21.8 Å². The van der Waals surface area contributed by atoms with Gasteiger partial charge in [-0.15, -0.1) is 0 Å². The van der Waals surface area contributed by atoms with Crippen LogP contribution >= 0.6 is 0 Å². The van der Waals surface area contributed by atoms with Gasteiger partial charge in [0.2, 0.25) is 5.91 Å². The molecule has 0 bridgehead atoms. The molecule has 3 nitrogen and oxygen atoms in total. The van der Waals surface area contributed by atoms with Crippen LogP contribution in [0.2, 0.25) is 0 Å². The molecule has 0 N–H and O–H groups in total. The molecular formula is C19H23FN2O. The number of hydrogen-bond acceptors (Lipinski definition) is 2. The molecule has 0 saturated heterocycles. The Hall–Kier alpha value is -2.23. The topological polar surface area (TPSA) is 33.2 Å². The Kier molecular flexibility index (Phi) is 5.85. The Morgan fingerprint density at radius 1 is 1.13 bits per heavy atom. The number of hydrogen-bond donors (Lipinski definition) is 0. The van der Waals surface area contributed by atoms with Crippen LogP contribution in [0.15, 0.2) is 48.7 Å². The molecule has 0 aliphatic heterocycles. The first-order valence-corrected chi connectivity index (χ1v) is 7.92. The first kappa shape index (κ1) is 17.1. The molecule has 122 valence electrons. The third-order valence-corrected chi connectivity index (χ3v) is 3.92. The number of pyridine rings is 1. The van der Waals surface area contributed by atoms with Gasteiger partial charge in [0.15, 0.2) is 0 Å². The van der Waals surface area contributed by atoms with Crippen LogP contribution in [0, 0.1) is 5.82 Å². The highest BCUT2D eigenvalue weighted by Crippen LogP contribution is 2.21. The van der Waals surface area contributed by atoms with Crippen molar-refractivity contribution in [2.75, 3.05) is 0 Å². The van der Waals surface area contributed by atoms with Crippen LogP contribution in [0.4, 0.5) is 4.39 Å². The second-order valence-corrected chi connectivity index (χ2v) is 6.09. The van der Waals surface area contributed by atoms with E-state index in [1.807, 2.05) is 43.9 Å². The summed E-state index contributed by atoms with van der Waals surface area (Å²) < 4.78 is 13.0. The van der Waals surface area contributed by atoms with E-state index < -0.39 is 0 Å². The highest BCUT2D eigenvalue weighted by Gasteiger charge is 2.20. The van der Waals surface area contributed by atoms with E-state index in [2.05, 4.69) is 4.98 Å². The Morgan fingerprint density at radius 2 is 1.83 bits per heavy atom. The van der Waals surface area contributed by atoms with Crippen molar-refractivity contribution in [1.29, 1.82) is 0 Å². The summed E-state index contributed by atoms with van der Waals surface area (Å²) in [7, 11) is 0. The average Bonchev–Trinajstić information content (AvgIpc) is 2.53. The largest absolute Gasteiger partial charge is 0.334 e. The lowest BCUT2D eigenvalue weighted by Crippen LogP contribution is -2.37. The Balaban J connectivity index is 2.04. The fraction of sp³-hybridized carbons (Fsp3) is 0.368. The van der Waals surface area contributed by atoms with E-state index in [4.69, 9.17) is 0 Å². The lowest BCUT2D eigenvalue weighted by molar-refractivity contribution is -0.134. The zero-order valence-electron chi connectivity index (χ0n) is 13.9. The van der Waals surface area contributed by atoms with Gasteiger partial charge in [-0.05, 0) is 49.6 Å². The number of halogens is 1. The Bertz CT molecular complexity index is 626. The molecule has 1 aromatic heterocycles. The number of nitrogens with zero attached hydrogens (tertiary/aromatic N) is 2. The van der Waals surface area contributed by atoms with Crippen LogP contribution in [0.3, 0.4) is 0 Å². The van der Waals surface area contributed by atoms with Crippen molar-refractivity contribution in [1.82, 2.24) is 9.88 Å². The normalized spacial score (nSPS) is 12.2. The first-order valence-electron chi connectivity index (χ1n) is 7.92. The summed E-state index contributed by atoms with van der Waals surface area (Å²) >= 11 is 0. The van der Waals surface area contributed by atoms with Crippen molar-refractivity contribution in [2.24, 2.45) is 0 Å². The van der Waals surface area contributed by atoms with Crippen LogP contribution < -0.4 is 0 Å². The van der Waals surface area contributed by atoms with Gasteiger partial charge in [-0.25, -0.2) is 4.39 Å². The second kappa shape index (κ2) is 7.86. The van der Waals surface area contributed by atoms with E-state index in [1.54, 1.807) is 18.3 Å². The SMILES string of the molecule is CC(CC(=O)N(Cc1ccccn1)C(C)C)c1ccc(F)cc1. The van der Waals surface area contributed by atoms with Crippen molar-refractivity contribution >= 4 is 5.91 Å². The second-order valence-electron chi connectivity index (χ2n) is 6.09. The van der Waals surface area contributed by atoms with Crippen LogP contribution in [0.25, 0.3) is 0 Å². The summed E-state index contributed by atoms with van der Waals surface area (Å²) in [6.07, 6.45) is 2.14. The van der Waals surface area contributed by atoms with Crippen molar-refractivity contribution < 1.29 is 9.18 Å². The molecule has 0 aliphatic carbocycles. The molecule has 2 rings (SSSR count). The molecule has 1 unspecified atom stereocenters. The number of carbonyl (C=O) groups is 1. The van der Waals surface area contributed by atoms with Crippen molar-refractivity contribution in [3.8, 4) is 0 Å². The molecule has 0 saturated carbocycles. The molecular weight excluding hydrogens is 291 g/mol. The summed E-state index contributed by atoms with van der Waals surface area (Å²) in [6.45, 7) is 6.50. The van der Waals surface area contributed by atoms with Gasteiger partial charge in [0.05, 0.1) is 12.2 Å². The minimum Gasteiger partial charge on any atom is -0.334 e. The number of amides is 1. The first-order chi connectivity index (χ1) is 11.0. The fourth-order valence-corrected chi connectivity index (χ4v) is 2.51. The van der Waals surface area contributed by atoms with Gasteiger partial charge in [-0.2, -0.15) is 0 Å². The minimum absolute atomic E-state index is 0.0492. The van der Waals surface area contributed by atoms with Crippen LogP contribution in [-0.2, 0) is 11.3 Å². The molecule has 1 atom stereocenters. The van der Waals surface area contributed by atoms with Crippen molar-refractivity contribution in [3.63, 3.8) is 0 Å². The van der Waals surface area contributed by atoms with Gasteiger partial charge in [0.25, 0.3) is 0 Å². The number of benzene rings is 1. The van der Waals surface area contributed by atoms with Crippen molar-refractivity contribution in [2.45, 2.75) is 45.7 Å². The number of carbonyl (C=O) groups excluding carboxylic acids is 1. The summed E-state index contributed by atoms with van der Waals surface area (Å²) in [5, 5.41) is 0. The molecule has 4 heteroatoms. The van der Waals surface area contributed by atoms with Gasteiger partial charge >= 0.3 is 0 Å². The van der Waals surface area contributed by atoms with Gasteiger partial charge in [-0.3, -0.25) is 9.78 Å². The third kappa shape index (κ3) is 4.88. The summed E-state index contributed by atoms with van der Waals surface area (Å²) in [5.74, 6) is -0.123. The van der Waals surface area contributed by atoms with E-state index in [9.17, 15) is 9.18 Å². The van der Waals surface area contributed by atoms with E-state index in [1.165, 1.54) is 12.1 Å². The number of rotatable bonds is 6. The molecule has 1 aromatic carbocycles. The molecule has 1 amide bonds. The quantitative estimate of drug-likeness (QED) is 0.802. The van der Waals surface area contributed by atoms with Crippen LogP contribution in [0.5, 0.6) is 0 Å². The zero-order valence-corrected chi connectivity index (χ0v) is 13.9. The number of aromatic nitrogens is 1. The van der Waals surface area contributed by atoms with E-state index in [0.717, 1.165) is 11.3 Å². The Labute approximate surface area is 137 Å². The lowest BCUT2D eigenvalue weighted by Gasteiger charge is -2.28. The molecule has 23 heavy (non-hydrogen) atoms. The molecule has 0 spiro atoms. The fourth-order valence-electron chi connectivity index (χ4n) is 2.51. The van der Waals surface area contributed by atoms with Gasteiger partial charge < -0.3 is 4.90 Å². The predicted molar refractivity (Wildman–Crippen MR) is 89.4 cm³/mol. The van der Waals surface area contributed by atoms with E-state index in [-0.39, 0.29) is 23.7 Å². The highest BCUT2D eigenvalue weighted by molar-refractivity contribution is 5.77. The predicted octanol–water partition coefficient (Wildman–Crippen LogP) is 4.15. The monoisotopic (exact) mass is 314 g/mol. The molecule has 1 heterocycles. The maximum Gasteiger partial charge on any atom is 0.223 e. The van der Waals surface area contributed by atoms with Gasteiger partial charge in [0.1, 0.15) is 5.82 Å². The minimum atomic E-state index is -0.258. The summed E-state index contributed by atoms with van der Waals surface area (Å²) in [5.41, 5.74) is 1.85. The van der Waals surface area contributed by atoms with Gasteiger partial charge in [-0.1, -0.05) is 25.1 Å². The van der Waals surface area contributed by atoms with Crippen LogP contribution in [0.1, 0.15) is 44.4 Å². The maximum absolute atomic E-state index is 13.0. The van der Waals surface area contributed by atoms with E-state index >= 15 is 0 Å². The highest BCUT2D eigenvalue weighted by atomic mass is 19.1. The average molecular weight is 314 g/mol. The maximum atomic E-state index is 13.0.